The van der Waals surface area contributed by atoms with E-state index in [0.29, 0.717) is 17.1 Å². The number of rotatable bonds is 4. The lowest BCUT2D eigenvalue weighted by Crippen LogP contribution is -2.26. The van der Waals surface area contributed by atoms with Crippen molar-refractivity contribution < 1.29 is 17.9 Å². The highest BCUT2D eigenvalue weighted by atomic mass is 35.5. The van der Waals surface area contributed by atoms with Crippen LogP contribution in [0.15, 0.2) is 27.5 Å². The molecule has 0 amide bonds. The van der Waals surface area contributed by atoms with Gasteiger partial charge in [0.25, 0.3) is 10.0 Å². The molecule has 6 nitrogen and oxygen atoms in total. The molecular formula is C13H15ClN2O4S2. The molecule has 9 heteroatoms. The Balaban J connectivity index is 2.26. The molecular weight excluding hydrogens is 348 g/mol. The van der Waals surface area contributed by atoms with Gasteiger partial charge in [-0.1, -0.05) is 30.3 Å². The third kappa shape index (κ3) is 3.74. The average molecular weight is 363 g/mol. The minimum absolute atomic E-state index is 0.0218. The number of sulfonamides is 1. The Morgan fingerprint density at radius 1 is 1.45 bits per heavy atom. The Morgan fingerprint density at radius 2 is 2.18 bits per heavy atom. The first kappa shape index (κ1) is 17.1. The van der Waals surface area contributed by atoms with Crippen molar-refractivity contribution in [1.82, 2.24) is 0 Å². The van der Waals surface area contributed by atoms with E-state index >= 15 is 0 Å². The summed E-state index contributed by atoms with van der Waals surface area (Å²) in [5.74, 6) is -0.390. The summed E-state index contributed by atoms with van der Waals surface area (Å²) >= 11 is 6.85. The predicted octanol–water partition coefficient (Wildman–Crippen LogP) is 2.89. The molecule has 1 aliphatic heterocycles. The maximum absolute atomic E-state index is 12.2. The smallest absolute Gasteiger partial charge is 0.319 e. The number of halogens is 1. The lowest BCUT2D eigenvalue weighted by atomic mass is 10.3. The van der Waals surface area contributed by atoms with Gasteiger partial charge in [-0.05, 0) is 31.5 Å². The number of nitrogens with zero attached hydrogens (tertiary/aromatic N) is 1. The fourth-order valence-corrected chi connectivity index (χ4v) is 4.34. The summed E-state index contributed by atoms with van der Waals surface area (Å²) in [5.41, 5.74) is 0.389. The summed E-state index contributed by atoms with van der Waals surface area (Å²) < 4.78 is 33.0. The molecule has 0 fully saturated rings. The highest BCUT2D eigenvalue weighted by molar-refractivity contribution is 8.15. The molecule has 1 unspecified atom stereocenters. The molecule has 2 rings (SSSR count). The highest BCUT2D eigenvalue weighted by Crippen LogP contribution is 2.33. The van der Waals surface area contributed by atoms with Crippen LogP contribution in [0.3, 0.4) is 0 Å². The van der Waals surface area contributed by atoms with Gasteiger partial charge in [-0.3, -0.25) is 4.79 Å². The molecule has 1 aromatic rings. The molecule has 0 saturated carbocycles. The number of fused-ring (bicyclic) bond motifs is 1. The van der Waals surface area contributed by atoms with E-state index in [2.05, 4.69) is 9.71 Å². The van der Waals surface area contributed by atoms with Crippen molar-refractivity contribution in [3.05, 3.63) is 23.2 Å². The van der Waals surface area contributed by atoms with Crippen LogP contribution >= 0.6 is 23.4 Å². The van der Waals surface area contributed by atoms with Crippen LogP contribution in [0.4, 0.5) is 5.69 Å². The van der Waals surface area contributed by atoms with Crippen LogP contribution in [0.25, 0.3) is 0 Å². The zero-order chi connectivity index (χ0) is 16.3. The summed E-state index contributed by atoms with van der Waals surface area (Å²) in [6.07, 6.45) is 0.498. The van der Waals surface area contributed by atoms with Gasteiger partial charge in [0, 0.05) is 5.02 Å². The minimum Gasteiger partial charge on any atom is -0.465 e. The van der Waals surface area contributed by atoms with Crippen LogP contribution in [0, 0.1) is 0 Å². The average Bonchev–Trinajstić information content (AvgIpc) is 2.45. The molecule has 0 bridgehead atoms. The molecule has 0 saturated heterocycles. The third-order valence-corrected chi connectivity index (χ3v) is 5.73. The highest BCUT2D eigenvalue weighted by Gasteiger charge is 2.29. The number of ether oxygens (including phenoxy) is 1. The van der Waals surface area contributed by atoms with Crippen molar-refractivity contribution in [3.63, 3.8) is 0 Å². The van der Waals surface area contributed by atoms with Crippen LogP contribution in [-0.4, -0.2) is 31.4 Å². The van der Waals surface area contributed by atoms with Crippen LogP contribution in [0.1, 0.15) is 20.3 Å². The van der Waals surface area contributed by atoms with Crippen molar-refractivity contribution in [2.24, 2.45) is 4.40 Å². The third-order valence-electron chi connectivity index (χ3n) is 2.84. The van der Waals surface area contributed by atoms with Gasteiger partial charge in [0.05, 0.1) is 12.3 Å². The number of hydrogen-bond donors (Lipinski definition) is 1. The van der Waals surface area contributed by atoms with E-state index in [9.17, 15) is 13.2 Å². The topological polar surface area (TPSA) is 84.8 Å². The number of nitrogens with one attached hydrogen (secondary N) is 1. The van der Waals surface area contributed by atoms with Gasteiger partial charge in [0.1, 0.15) is 10.1 Å². The van der Waals surface area contributed by atoms with Crippen LogP contribution in [0.2, 0.25) is 5.02 Å². The first-order chi connectivity index (χ1) is 10.4. The van der Waals surface area contributed by atoms with E-state index in [4.69, 9.17) is 16.3 Å². The van der Waals surface area contributed by atoms with Crippen molar-refractivity contribution >= 4 is 50.2 Å². The largest absolute Gasteiger partial charge is 0.465 e. The zero-order valence-corrected chi connectivity index (χ0v) is 14.4. The molecule has 0 spiro atoms. The Kier molecular flexibility index (Phi) is 5.36. The fraction of sp³-hybridized carbons (Fsp3) is 0.385. The number of carbonyl (C=O) groups excluding carboxylic acids is 1. The number of anilines is 1. The number of carbonyl (C=O) groups is 1. The normalized spacial score (nSPS) is 17.0. The van der Waals surface area contributed by atoms with Crippen molar-refractivity contribution in [3.8, 4) is 0 Å². The summed E-state index contributed by atoms with van der Waals surface area (Å²) in [7, 11) is -3.84. The minimum atomic E-state index is -3.84. The van der Waals surface area contributed by atoms with E-state index in [1.54, 1.807) is 19.1 Å². The van der Waals surface area contributed by atoms with Gasteiger partial charge in [-0.2, -0.15) is 8.42 Å². The fourth-order valence-electron chi connectivity index (χ4n) is 1.83. The molecule has 1 N–H and O–H groups in total. The first-order valence-electron chi connectivity index (χ1n) is 6.62. The SMILES string of the molecule is CCOC(=O)C(CC)SC1=NS(=O)(=O)c2cc(Cl)ccc2N1. The summed E-state index contributed by atoms with van der Waals surface area (Å²) in [6, 6.07) is 4.49. The summed E-state index contributed by atoms with van der Waals surface area (Å²) in [5, 5.41) is 2.85. The van der Waals surface area contributed by atoms with Gasteiger partial charge in [-0.25, -0.2) is 0 Å². The molecule has 1 heterocycles. The van der Waals surface area contributed by atoms with Gasteiger partial charge in [-0.15, -0.1) is 4.40 Å². The predicted molar refractivity (Wildman–Crippen MR) is 88.0 cm³/mol. The van der Waals surface area contributed by atoms with E-state index in [1.807, 2.05) is 6.92 Å². The van der Waals surface area contributed by atoms with E-state index < -0.39 is 15.3 Å². The van der Waals surface area contributed by atoms with Crippen LogP contribution in [0.5, 0.6) is 0 Å². The van der Waals surface area contributed by atoms with Crippen molar-refractivity contribution in [2.75, 3.05) is 11.9 Å². The van der Waals surface area contributed by atoms with E-state index in [-0.39, 0.29) is 22.6 Å². The Bertz CT molecular complexity index is 719. The zero-order valence-electron chi connectivity index (χ0n) is 12.0. The second-order valence-corrected chi connectivity index (χ2v) is 7.60. The Hall–Kier alpha value is -1.25. The summed E-state index contributed by atoms with van der Waals surface area (Å²) in [4.78, 5) is 11.8. The van der Waals surface area contributed by atoms with E-state index in [0.717, 1.165) is 11.8 Å². The molecule has 1 aliphatic rings. The van der Waals surface area contributed by atoms with E-state index in [1.165, 1.54) is 6.07 Å². The lowest BCUT2D eigenvalue weighted by Gasteiger charge is -2.20. The number of esters is 1. The summed E-state index contributed by atoms with van der Waals surface area (Å²) in [6.45, 7) is 3.81. The Morgan fingerprint density at radius 3 is 2.82 bits per heavy atom. The molecule has 0 aliphatic carbocycles. The molecule has 0 radical (unpaired) electrons. The number of benzene rings is 1. The molecule has 120 valence electrons. The monoisotopic (exact) mass is 362 g/mol. The second kappa shape index (κ2) is 6.89. The van der Waals surface area contributed by atoms with Crippen molar-refractivity contribution in [1.29, 1.82) is 0 Å². The number of hydrogen-bond acceptors (Lipinski definition) is 6. The molecule has 22 heavy (non-hydrogen) atoms. The van der Waals surface area contributed by atoms with Crippen LogP contribution < -0.4 is 5.32 Å². The van der Waals surface area contributed by atoms with Gasteiger partial charge < -0.3 is 10.1 Å². The van der Waals surface area contributed by atoms with Gasteiger partial charge >= 0.3 is 5.97 Å². The van der Waals surface area contributed by atoms with Gasteiger partial charge in [0.2, 0.25) is 0 Å². The molecule has 1 aromatic carbocycles. The lowest BCUT2D eigenvalue weighted by molar-refractivity contribution is -0.142. The number of amidine groups is 1. The maximum Gasteiger partial charge on any atom is 0.319 e. The standard InChI is InChI=1S/C13H15ClN2O4S2/c1-3-10(12(17)20-4-2)21-13-15-9-6-5-8(14)7-11(9)22(18,19)16-13/h5-7,10H,3-4H2,1-2H3,(H,15,16). The molecule has 0 aromatic heterocycles. The van der Waals surface area contributed by atoms with Crippen molar-refractivity contribution in [2.45, 2.75) is 30.4 Å². The quantitative estimate of drug-likeness (QED) is 0.829. The maximum atomic E-state index is 12.2. The number of thioether (sulfide) groups is 1. The molecule has 1 atom stereocenters. The van der Waals surface area contributed by atoms with Gasteiger partial charge in [0.15, 0.2) is 5.17 Å². The van der Waals surface area contributed by atoms with Crippen LogP contribution in [-0.2, 0) is 19.6 Å². The first-order valence-corrected chi connectivity index (χ1v) is 9.32. The second-order valence-electron chi connectivity index (χ2n) is 4.40. The Labute approximate surface area is 138 Å².